The highest BCUT2D eigenvalue weighted by Gasteiger charge is 2.37. The van der Waals surface area contributed by atoms with Crippen LogP contribution in [-0.4, -0.2) is 19.6 Å². The zero-order valence-corrected chi connectivity index (χ0v) is 11.9. The van der Waals surface area contributed by atoms with Crippen LogP contribution < -0.4 is 5.14 Å². The van der Waals surface area contributed by atoms with Crippen molar-refractivity contribution in [2.75, 3.05) is 0 Å². The van der Waals surface area contributed by atoms with Gasteiger partial charge in [0.2, 0.25) is 10.0 Å². The Morgan fingerprint density at radius 3 is 2.19 bits per heavy atom. The first kappa shape index (κ1) is 16.3. The summed E-state index contributed by atoms with van der Waals surface area (Å²) in [4.78, 5) is -0.890. The SMILES string of the molecule is NS(=O)(=O)c1cc(C2CCC(O)CC2)ccc1C(F)(F)F. The Bertz CT molecular complexity index is 620. The quantitative estimate of drug-likeness (QED) is 0.877. The maximum atomic E-state index is 12.9. The van der Waals surface area contributed by atoms with Gasteiger partial charge >= 0.3 is 6.18 Å². The molecule has 0 atom stereocenters. The summed E-state index contributed by atoms with van der Waals surface area (Å²) in [5, 5.41) is 14.4. The molecule has 0 amide bonds. The van der Waals surface area contributed by atoms with E-state index in [9.17, 15) is 26.7 Å². The van der Waals surface area contributed by atoms with Crippen molar-refractivity contribution in [3.8, 4) is 0 Å². The monoisotopic (exact) mass is 323 g/mol. The summed E-state index contributed by atoms with van der Waals surface area (Å²) in [5.74, 6) is -0.0591. The smallest absolute Gasteiger partial charge is 0.393 e. The van der Waals surface area contributed by atoms with Crippen LogP contribution in [0.15, 0.2) is 23.1 Å². The number of nitrogens with two attached hydrogens (primary N) is 1. The van der Waals surface area contributed by atoms with Crippen LogP contribution in [0.4, 0.5) is 13.2 Å². The molecule has 0 bridgehead atoms. The molecule has 4 nitrogen and oxygen atoms in total. The van der Waals surface area contributed by atoms with Gasteiger partial charge in [-0.05, 0) is 49.3 Å². The third-order valence-corrected chi connectivity index (χ3v) is 4.74. The van der Waals surface area contributed by atoms with Gasteiger partial charge in [-0.1, -0.05) is 6.07 Å². The standard InChI is InChI=1S/C13H16F3NO3S/c14-13(15,16)11-6-3-9(7-12(11)21(17,19)20)8-1-4-10(18)5-2-8/h3,6-8,10,18H,1-2,4-5H2,(H2,17,19,20). The van der Waals surface area contributed by atoms with E-state index in [1.807, 2.05) is 0 Å². The lowest BCUT2D eigenvalue weighted by Gasteiger charge is -2.26. The van der Waals surface area contributed by atoms with Gasteiger partial charge in [-0.2, -0.15) is 13.2 Å². The average Bonchev–Trinajstić information content (AvgIpc) is 2.37. The lowest BCUT2D eigenvalue weighted by Crippen LogP contribution is -2.21. The van der Waals surface area contributed by atoms with Gasteiger partial charge in [0, 0.05) is 0 Å². The molecule has 8 heteroatoms. The molecule has 0 aromatic heterocycles. The zero-order chi connectivity index (χ0) is 15.8. The largest absolute Gasteiger partial charge is 0.417 e. The molecule has 0 saturated heterocycles. The molecule has 118 valence electrons. The molecule has 0 aliphatic heterocycles. The average molecular weight is 323 g/mol. The van der Waals surface area contributed by atoms with Crippen LogP contribution in [0.5, 0.6) is 0 Å². The minimum atomic E-state index is -4.77. The number of aliphatic hydroxyl groups is 1. The van der Waals surface area contributed by atoms with Gasteiger partial charge < -0.3 is 5.11 Å². The summed E-state index contributed by atoms with van der Waals surface area (Å²) in [6.07, 6.45) is -2.85. The summed E-state index contributed by atoms with van der Waals surface area (Å²) < 4.78 is 61.4. The number of benzene rings is 1. The van der Waals surface area contributed by atoms with Crippen molar-refractivity contribution in [3.05, 3.63) is 29.3 Å². The molecule has 3 N–H and O–H groups in total. The summed E-state index contributed by atoms with van der Waals surface area (Å²) in [6, 6.07) is 3.07. The molecule has 1 aliphatic carbocycles. The van der Waals surface area contributed by atoms with Crippen molar-refractivity contribution < 1.29 is 26.7 Å². The van der Waals surface area contributed by atoms with E-state index < -0.39 is 32.8 Å². The van der Waals surface area contributed by atoms with Crippen LogP contribution in [0.1, 0.15) is 42.7 Å². The fraction of sp³-hybridized carbons (Fsp3) is 0.538. The van der Waals surface area contributed by atoms with E-state index in [1.165, 1.54) is 6.07 Å². The van der Waals surface area contributed by atoms with Crippen LogP contribution in [0.3, 0.4) is 0 Å². The van der Waals surface area contributed by atoms with E-state index in [0.29, 0.717) is 31.2 Å². The van der Waals surface area contributed by atoms with Crippen molar-refractivity contribution in [2.45, 2.75) is 48.8 Å². The first-order chi connectivity index (χ1) is 9.59. The second-order valence-corrected chi connectivity index (χ2v) is 6.83. The first-order valence-electron chi connectivity index (χ1n) is 6.51. The topological polar surface area (TPSA) is 80.4 Å². The fourth-order valence-electron chi connectivity index (χ4n) is 2.67. The van der Waals surface area contributed by atoms with Gasteiger partial charge in [-0.15, -0.1) is 0 Å². The molecule has 1 aromatic rings. The van der Waals surface area contributed by atoms with Gasteiger partial charge in [0.05, 0.1) is 16.6 Å². The number of hydrogen-bond donors (Lipinski definition) is 2. The minimum Gasteiger partial charge on any atom is -0.393 e. The lowest BCUT2D eigenvalue weighted by molar-refractivity contribution is -0.139. The highest BCUT2D eigenvalue weighted by Crippen LogP contribution is 2.38. The van der Waals surface area contributed by atoms with Gasteiger partial charge in [0.25, 0.3) is 0 Å². The second kappa shape index (κ2) is 5.58. The van der Waals surface area contributed by atoms with E-state index >= 15 is 0 Å². The molecular formula is C13H16F3NO3S. The maximum Gasteiger partial charge on any atom is 0.417 e. The Hall–Kier alpha value is -1.12. The normalized spacial score (nSPS) is 24.0. The Kier molecular flexibility index (Phi) is 4.32. The number of sulfonamides is 1. The van der Waals surface area contributed by atoms with Gasteiger partial charge in [0.1, 0.15) is 0 Å². The Morgan fingerprint density at radius 2 is 1.71 bits per heavy atom. The highest BCUT2D eigenvalue weighted by atomic mass is 32.2. The molecule has 2 rings (SSSR count). The molecule has 0 spiro atoms. The molecule has 0 radical (unpaired) electrons. The van der Waals surface area contributed by atoms with Gasteiger partial charge in [-0.25, -0.2) is 13.6 Å². The van der Waals surface area contributed by atoms with Crippen molar-refractivity contribution in [3.63, 3.8) is 0 Å². The predicted octanol–water partition coefficient (Wildman–Crippen LogP) is 2.37. The second-order valence-electron chi connectivity index (χ2n) is 5.30. The van der Waals surface area contributed by atoms with E-state index in [-0.39, 0.29) is 5.92 Å². The van der Waals surface area contributed by atoms with Crippen LogP contribution in [0.2, 0.25) is 0 Å². The maximum absolute atomic E-state index is 12.9. The zero-order valence-electron chi connectivity index (χ0n) is 11.1. The summed E-state index contributed by atoms with van der Waals surface area (Å²) >= 11 is 0. The first-order valence-corrected chi connectivity index (χ1v) is 8.05. The Labute approximate surface area is 120 Å². The van der Waals surface area contributed by atoms with Crippen LogP contribution in [-0.2, 0) is 16.2 Å². The number of hydrogen-bond acceptors (Lipinski definition) is 3. The molecule has 1 saturated carbocycles. The Balaban J connectivity index is 2.43. The van der Waals surface area contributed by atoms with Crippen LogP contribution in [0, 0.1) is 0 Å². The van der Waals surface area contributed by atoms with E-state index in [1.54, 1.807) is 0 Å². The minimum absolute atomic E-state index is 0.0591. The molecule has 21 heavy (non-hydrogen) atoms. The third kappa shape index (κ3) is 3.75. The van der Waals surface area contributed by atoms with E-state index in [2.05, 4.69) is 0 Å². The van der Waals surface area contributed by atoms with Gasteiger partial charge in [-0.3, -0.25) is 0 Å². The molecular weight excluding hydrogens is 307 g/mol. The Morgan fingerprint density at radius 1 is 1.14 bits per heavy atom. The molecule has 1 aromatic carbocycles. The summed E-state index contributed by atoms with van der Waals surface area (Å²) in [6.45, 7) is 0. The van der Waals surface area contributed by atoms with Gasteiger partial charge in [0.15, 0.2) is 0 Å². The van der Waals surface area contributed by atoms with Crippen molar-refractivity contribution in [1.29, 1.82) is 0 Å². The van der Waals surface area contributed by atoms with Crippen molar-refractivity contribution >= 4 is 10.0 Å². The number of alkyl halides is 3. The van der Waals surface area contributed by atoms with Crippen LogP contribution in [0.25, 0.3) is 0 Å². The number of primary sulfonamides is 1. The summed E-state index contributed by atoms with van der Waals surface area (Å²) in [5.41, 5.74) is -0.733. The molecule has 0 heterocycles. The van der Waals surface area contributed by atoms with Crippen LogP contribution >= 0.6 is 0 Å². The number of rotatable bonds is 2. The lowest BCUT2D eigenvalue weighted by atomic mass is 9.82. The predicted molar refractivity (Wildman–Crippen MR) is 70.0 cm³/mol. The summed E-state index contributed by atoms with van der Waals surface area (Å²) in [7, 11) is -4.46. The van der Waals surface area contributed by atoms with E-state index in [0.717, 1.165) is 12.1 Å². The third-order valence-electron chi connectivity index (χ3n) is 3.79. The van der Waals surface area contributed by atoms with Crippen molar-refractivity contribution in [1.82, 2.24) is 0 Å². The fourth-order valence-corrected chi connectivity index (χ4v) is 3.46. The highest BCUT2D eigenvalue weighted by molar-refractivity contribution is 7.89. The van der Waals surface area contributed by atoms with E-state index in [4.69, 9.17) is 5.14 Å². The number of halogens is 3. The molecule has 1 aliphatic rings. The van der Waals surface area contributed by atoms with Crippen molar-refractivity contribution in [2.24, 2.45) is 5.14 Å². The molecule has 1 fully saturated rings. The number of aliphatic hydroxyl groups excluding tert-OH is 1. The molecule has 0 unspecified atom stereocenters.